The van der Waals surface area contributed by atoms with Gasteiger partial charge in [-0.2, -0.15) is 0 Å². The average molecular weight is 449 g/mol. The quantitative estimate of drug-likeness (QED) is 0.412. The summed E-state index contributed by atoms with van der Waals surface area (Å²) in [6, 6.07) is -0.329. The smallest absolute Gasteiger partial charge is 0.411 e. The maximum atomic E-state index is 13.1. The maximum absolute atomic E-state index is 13.1. The van der Waals surface area contributed by atoms with Crippen LogP contribution in [0.3, 0.4) is 0 Å². The Balaban J connectivity index is 2.72. The lowest BCUT2D eigenvalue weighted by molar-refractivity contribution is -0.143. The third kappa shape index (κ3) is 5.41. The molecule has 0 aliphatic carbocycles. The van der Waals surface area contributed by atoms with Gasteiger partial charge in [-0.3, -0.25) is 9.69 Å². The molecule has 9 nitrogen and oxygen atoms in total. The zero-order chi connectivity index (χ0) is 23.8. The normalized spacial score (nSPS) is 18.2. The molecule has 1 amide bonds. The molecular formula is C23H32N2O7. The van der Waals surface area contributed by atoms with Crippen molar-refractivity contribution in [2.45, 2.75) is 38.4 Å². The Morgan fingerprint density at radius 1 is 1.28 bits per heavy atom. The number of aliphatic hydroxyl groups is 1. The number of amides is 1. The molecule has 3 atom stereocenters. The number of hydrogen-bond donors (Lipinski definition) is 2. The number of fused-ring (bicyclic) bond motifs is 1. The van der Waals surface area contributed by atoms with Gasteiger partial charge >= 0.3 is 12.1 Å². The first kappa shape index (κ1) is 25.2. The van der Waals surface area contributed by atoms with E-state index in [1.54, 1.807) is 6.08 Å². The molecular weight excluding hydrogens is 416 g/mol. The number of nitrogens with zero attached hydrogens (tertiary/aromatic N) is 1. The fourth-order valence-electron chi connectivity index (χ4n) is 3.94. The van der Waals surface area contributed by atoms with Gasteiger partial charge in [0.15, 0.2) is 11.5 Å². The fourth-order valence-corrected chi connectivity index (χ4v) is 3.94. The second kappa shape index (κ2) is 11.5. The highest BCUT2D eigenvalue weighted by molar-refractivity contribution is 5.72. The lowest BCUT2D eigenvalue weighted by Crippen LogP contribution is -2.55. The SMILES string of the molecule is C=CCOC(=O)N1[C@H](COC(C)=O)Cc2cc(C)c(OC)c(OCC=C)c2[C@@H]1C(N)CO. The predicted octanol–water partition coefficient (Wildman–Crippen LogP) is 2.04. The van der Waals surface area contributed by atoms with E-state index in [2.05, 4.69) is 13.2 Å². The van der Waals surface area contributed by atoms with Crippen molar-refractivity contribution in [3.05, 3.63) is 48.1 Å². The second-order valence-electron chi connectivity index (χ2n) is 7.45. The van der Waals surface area contributed by atoms with Gasteiger partial charge in [0.25, 0.3) is 0 Å². The molecule has 3 N–H and O–H groups in total. The minimum absolute atomic E-state index is 0.0133. The van der Waals surface area contributed by atoms with E-state index in [1.807, 2.05) is 13.0 Å². The molecule has 1 aromatic carbocycles. The Labute approximate surface area is 188 Å². The number of esters is 1. The Hall–Kier alpha value is -3.04. The average Bonchev–Trinajstić information content (AvgIpc) is 2.77. The Morgan fingerprint density at radius 2 is 1.97 bits per heavy atom. The third-order valence-electron chi connectivity index (χ3n) is 5.17. The number of ether oxygens (including phenoxy) is 4. The monoisotopic (exact) mass is 448 g/mol. The number of carbonyl (C=O) groups is 2. The van der Waals surface area contributed by atoms with Crippen molar-refractivity contribution in [3.63, 3.8) is 0 Å². The molecule has 0 saturated heterocycles. The number of benzene rings is 1. The lowest BCUT2D eigenvalue weighted by atomic mass is 9.83. The standard InChI is InChI=1S/C23H32N2O7/c1-6-8-30-22-19-16(10-14(3)21(22)29-5)11-17(13-32-15(4)27)25(20(19)18(24)12-26)23(28)31-9-7-2/h6-7,10,17-18,20,26H,1-2,8-9,11-13,24H2,3-5H3/t17-,18?,20-/m0/s1. The van der Waals surface area contributed by atoms with Crippen LogP contribution >= 0.6 is 0 Å². The molecule has 0 aromatic heterocycles. The molecule has 1 aromatic rings. The number of nitrogens with two attached hydrogens (primary N) is 1. The van der Waals surface area contributed by atoms with Gasteiger partial charge < -0.3 is 29.8 Å². The lowest BCUT2D eigenvalue weighted by Gasteiger charge is -2.44. The van der Waals surface area contributed by atoms with Crippen molar-refractivity contribution in [1.82, 2.24) is 4.90 Å². The summed E-state index contributed by atoms with van der Waals surface area (Å²) in [6.07, 6.45) is 2.73. The highest BCUT2D eigenvalue weighted by atomic mass is 16.6. The first-order valence-corrected chi connectivity index (χ1v) is 10.3. The van der Waals surface area contributed by atoms with Gasteiger partial charge in [0.05, 0.1) is 31.8 Å². The van der Waals surface area contributed by atoms with Crippen LogP contribution in [0.2, 0.25) is 0 Å². The Bertz CT molecular complexity index is 855. The van der Waals surface area contributed by atoms with E-state index in [-0.39, 0.29) is 19.8 Å². The molecule has 1 unspecified atom stereocenters. The summed E-state index contributed by atoms with van der Waals surface area (Å²) in [5, 5.41) is 9.95. The Morgan fingerprint density at radius 3 is 2.53 bits per heavy atom. The molecule has 0 saturated carbocycles. The largest absolute Gasteiger partial charge is 0.493 e. The molecule has 2 rings (SSSR count). The third-order valence-corrected chi connectivity index (χ3v) is 5.17. The molecule has 0 radical (unpaired) electrons. The van der Waals surface area contributed by atoms with Gasteiger partial charge in [0, 0.05) is 12.5 Å². The minimum atomic E-state index is -0.872. The van der Waals surface area contributed by atoms with Gasteiger partial charge in [-0.15, -0.1) is 0 Å². The van der Waals surface area contributed by atoms with Crippen LogP contribution in [0.1, 0.15) is 29.7 Å². The summed E-state index contributed by atoms with van der Waals surface area (Å²) < 4.78 is 22.1. The number of methoxy groups -OCH3 is 1. The number of hydrogen-bond acceptors (Lipinski definition) is 8. The van der Waals surface area contributed by atoms with Gasteiger partial charge in [-0.1, -0.05) is 31.4 Å². The fraction of sp³-hybridized carbons (Fsp3) is 0.478. The van der Waals surface area contributed by atoms with E-state index in [0.29, 0.717) is 23.5 Å². The zero-order valence-electron chi connectivity index (χ0n) is 18.8. The van der Waals surface area contributed by atoms with E-state index in [4.69, 9.17) is 24.7 Å². The van der Waals surface area contributed by atoms with Gasteiger partial charge in [0.1, 0.15) is 19.8 Å². The van der Waals surface area contributed by atoms with E-state index in [9.17, 15) is 14.7 Å². The van der Waals surface area contributed by atoms with Crippen molar-refractivity contribution in [2.75, 3.05) is 33.5 Å². The molecule has 1 aliphatic heterocycles. The number of carbonyl (C=O) groups excluding carboxylic acids is 2. The summed E-state index contributed by atoms with van der Waals surface area (Å²) >= 11 is 0. The van der Waals surface area contributed by atoms with Crippen LogP contribution in [0.25, 0.3) is 0 Å². The molecule has 32 heavy (non-hydrogen) atoms. The van der Waals surface area contributed by atoms with Crippen molar-refractivity contribution in [3.8, 4) is 11.5 Å². The van der Waals surface area contributed by atoms with Crippen LogP contribution in [0, 0.1) is 6.92 Å². The topological polar surface area (TPSA) is 121 Å². The van der Waals surface area contributed by atoms with Crippen LogP contribution < -0.4 is 15.2 Å². The zero-order valence-corrected chi connectivity index (χ0v) is 18.8. The summed E-state index contributed by atoms with van der Waals surface area (Å²) in [7, 11) is 1.53. The van der Waals surface area contributed by atoms with Crippen LogP contribution in [0.15, 0.2) is 31.4 Å². The molecule has 1 aliphatic rings. The molecule has 0 fully saturated rings. The van der Waals surface area contributed by atoms with Crippen molar-refractivity contribution >= 4 is 12.1 Å². The van der Waals surface area contributed by atoms with E-state index < -0.39 is 36.8 Å². The van der Waals surface area contributed by atoms with Gasteiger partial charge in [-0.25, -0.2) is 4.79 Å². The van der Waals surface area contributed by atoms with Crippen LogP contribution in [-0.4, -0.2) is 67.7 Å². The van der Waals surface area contributed by atoms with Crippen LogP contribution in [0.4, 0.5) is 4.79 Å². The van der Waals surface area contributed by atoms with Gasteiger partial charge in [-0.05, 0) is 24.5 Å². The highest BCUT2D eigenvalue weighted by Gasteiger charge is 2.44. The maximum Gasteiger partial charge on any atom is 0.411 e. The molecule has 0 spiro atoms. The van der Waals surface area contributed by atoms with E-state index in [0.717, 1.165) is 11.1 Å². The summed E-state index contributed by atoms with van der Waals surface area (Å²) in [6.45, 7) is 10.2. The second-order valence-corrected chi connectivity index (χ2v) is 7.45. The number of aryl methyl sites for hydroxylation is 1. The predicted molar refractivity (Wildman–Crippen MR) is 119 cm³/mol. The first-order chi connectivity index (χ1) is 15.3. The minimum Gasteiger partial charge on any atom is -0.493 e. The molecule has 9 heteroatoms. The summed E-state index contributed by atoms with van der Waals surface area (Å²) in [5.41, 5.74) is 8.61. The van der Waals surface area contributed by atoms with Gasteiger partial charge in [0.2, 0.25) is 0 Å². The summed E-state index contributed by atoms with van der Waals surface area (Å²) in [4.78, 5) is 26.0. The molecule has 176 valence electrons. The van der Waals surface area contributed by atoms with Crippen molar-refractivity contribution in [1.29, 1.82) is 0 Å². The first-order valence-electron chi connectivity index (χ1n) is 10.3. The van der Waals surface area contributed by atoms with Crippen molar-refractivity contribution in [2.24, 2.45) is 5.73 Å². The summed E-state index contributed by atoms with van der Waals surface area (Å²) in [5.74, 6) is 0.446. The molecule has 1 heterocycles. The van der Waals surface area contributed by atoms with Crippen LogP contribution in [0.5, 0.6) is 11.5 Å². The Kier molecular flexibility index (Phi) is 9.10. The molecule has 0 bridgehead atoms. The number of aliphatic hydroxyl groups excluding tert-OH is 1. The van der Waals surface area contributed by atoms with E-state index >= 15 is 0 Å². The van der Waals surface area contributed by atoms with Crippen LogP contribution in [-0.2, 0) is 20.7 Å². The van der Waals surface area contributed by atoms with E-state index in [1.165, 1.54) is 25.0 Å². The van der Waals surface area contributed by atoms with Crippen molar-refractivity contribution < 1.29 is 33.6 Å². The highest BCUT2D eigenvalue weighted by Crippen LogP contribution is 2.47. The number of rotatable bonds is 10.